The van der Waals surface area contributed by atoms with E-state index in [1.807, 2.05) is 0 Å². The van der Waals surface area contributed by atoms with Gasteiger partial charge in [0.1, 0.15) is 5.69 Å². The second-order valence-corrected chi connectivity index (χ2v) is 2.19. The predicted molar refractivity (Wildman–Crippen MR) is 41.3 cm³/mol. The van der Waals surface area contributed by atoms with Crippen LogP contribution in [-0.2, 0) is 11.3 Å². The van der Waals surface area contributed by atoms with Crippen molar-refractivity contribution in [3.63, 3.8) is 0 Å². The molecule has 64 valence electrons. The number of carbonyl (C=O) groups excluding carboxylic acids is 1. The van der Waals surface area contributed by atoms with Crippen LogP contribution < -0.4 is 5.73 Å². The number of nitrogens with zero attached hydrogens (tertiary/aromatic N) is 2. The summed E-state index contributed by atoms with van der Waals surface area (Å²) >= 11 is 0. The fraction of sp³-hybridized carbons (Fsp3) is 0.286. The monoisotopic (exact) mass is 167 g/mol. The molecule has 0 spiro atoms. The minimum Gasteiger partial charge on any atom is -0.378 e. The molecule has 0 bridgehead atoms. The van der Waals surface area contributed by atoms with Crippen molar-refractivity contribution in [2.45, 2.75) is 6.61 Å². The minimum atomic E-state index is -0.583. The number of hydrogen-bond donors (Lipinski definition) is 1. The fourth-order valence-electron chi connectivity index (χ4n) is 0.742. The summed E-state index contributed by atoms with van der Waals surface area (Å²) in [6, 6.07) is 0. The normalized spacial score (nSPS) is 9.75. The summed E-state index contributed by atoms with van der Waals surface area (Å²) < 4.78 is 4.81. The summed E-state index contributed by atoms with van der Waals surface area (Å²) in [4.78, 5) is 18.3. The van der Waals surface area contributed by atoms with Gasteiger partial charge < -0.3 is 10.5 Å². The highest BCUT2D eigenvalue weighted by Gasteiger charge is 2.02. The van der Waals surface area contributed by atoms with E-state index in [-0.39, 0.29) is 5.69 Å². The Morgan fingerprint density at radius 1 is 1.67 bits per heavy atom. The van der Waals surface area contributed by atoms with Crippen LogP contribution in [0.1, 0.15) is 16.2 Å². The molecule has 0 aliphatic heterocycles. The quantitative estimate of drug-likeness (QED) is 0.671. The van der Waals surface area contributed by atoms with Crippen LogP contribution in [-0.4, -0.2) is 23.0 Å². The number of ether oxygens (including phenoxy) is 1. The smallest absolute Gasteiger partial charge is 0.268 e. The van der Waals surface area contributed by atoms with Gasteiger partial charge in [-0.2, -0.15) is 0 Å². The van der Waals surface area contributed by atoms with E-state index in [1.54, 1.807) is 7.11 Å². The zero-order chi connectivity index (χ0) is 8.97. The van der Waals surface area contributed by atoms with Gasteiger partial charge in [0.25, 0.3) is 5.91 Å². The molecule has 1 rings (SSSR count). The van der Waals surface area contributed by atoms with Crippen LogP contribution in [0.4, 0.5) is 0 Å². The molecule has 0 radical (unpaired) electrons. The van der Waals surface area contributed by atoms with Gasteiger partial charge in [0, 0.05) is 7.11 Å². The Hall–Kier alpha value is -1.49. The Kier molecular flexibility index (Phi) is 2.71. The van der Waals surface area contributed by atoms with Crippen molar-refractivity contribution in [3.8, 4) is 0 Å². The molecule has 0 unspecified atom stereocenters. The lowest BCUT2D eigenvalue weighted by Crippen LogP contribution is -2.14. The Bertz CT molecular complexity index is 288. The topological polar surface area (TPSA) is 78.1 Å². The Morgan fingerprint density at radius 2 is 2.42 bits per heavy atom. The molecule has 0 aliphatic carbocycles. The largest absolute Gasteiger partial charge is 0.378 e. The number of nitrogens with two attached hydrogens (primary N) is 1. The Morgan fingerprint density at radius 3 is 3.00 bits per heavy atom. The average Bonchev–Trinajstić information content (AvgIpc) is 2.05. The Labute approximate surface area is 69.6 Å². The van der Waals surface area contributed by atoms with Gasteiger partial charge in [-0.3, -0.25) is 9.78 Å². The van der Waals surface area contributed by atoms with Gasteiger partial charge in [0.15, 0.2) is 0 Å². The van der Waals surface area contributed by atoms with Gasteiger partial charge in [-0.1, -0.05) is 0 Å². The third-order valence-electron chi connectivity index (χ3n) is 1.23. The van der Waals surface area contributed by atoms with Crippen molar-refractivity contribution >= 4 is 5.91 Å². The highest BCUT2D eigenvalue weighted by atomic mass is 16.5. The van der Waals surface area contributed by atoms with Gasteiger partial charge in [-0.05, 0) is 0 Å². The van der Waals surface area contributed by atoms with Crippen molar-refractivity contribution in [2.75, 3.05) is 7.11 Å². The van der Waals surface area contributed by atoms with Crippen LogP contribution in [0.25, 0.3) is 0 Å². The molecule has 0 atom stereocenters. The Balaban J connectivity index is 2.88. The first kappa shape index (κ1) is 8.61. The van der Waals surface area contributed by atoms with E-state index in [0.717, 1.165) is 0 Å². The van der Waals surface area contributed by atoms with E-state index >= 15 is 0 Å². The molecule has 0 aromatic carbocycles. The SMILES string of the molecule is COCc1cncc(C(N)=O)n1. The molecule has 1 aromatic heterocycles. The second-order valence-electron chi connectivity index (χ2n) is 2.19. The molecular formula is C7H9N3O2. The van der Waals surface area contributed by atoms with Crippen molar-refractivity contribution < 1.29 is 9.53 Å². The maximum Gasteiger partial charge on any atom is 0.268 e. The van der Waals surface area contributed by atoms with E-state index in [0.29, 0.717) is 12.3 Å². The van der Waals surface area contributed by atoms with Crippen molar-refractivity contribution in [1.29, 1.82) is 0 Å². The maximum atomic E-state index is 10.6. The van der Waals surface area contributed by atoms with Crippen LogP contribution in [0.15, 0.2) is 12.4 Å². The predicted octanol–water partition coefficient (Wildman–Crippen LogP) is -0.278. The van der Waals surface area contributed by atoms with Crippen LogP contribution in [0.3, 0.4) is 0 Å². The number of aromatic nitrogens is 2. The molecular weight excluding hydrogens is 158 g/mol. The maximum absolute atomic E-state index is 10.6. The van der Waals surface area contributed by atoms with E-state index < -0.39 is 5.91 Å². The number of methoxy groups -OCH3 is 1. The molecule has 1 heterocycles. The molecule has 0 aliphatic rings. The van der Waals surface area contributed by atoms with Crippen LogP contribution >= 0.6 is 0 Å². The zero-order valence-electron chi connectivity index (χ0n) is 6.65. The number of rotatable bonds is 3. The van der Waals surface area contributed by atoms with Gasteiger partial charge >= 0.3 is 0 Å². The molecule has 0 saturated carbocycles. The van der Waals surface area contributed by atoms with Crippen molar-refractivity contribution in [2.24, 2.45) is 5.73 Å². The van der Waals surface area contributed by atoms with E-state index in [2.05, 4.69) is 9.97 Å². The molecule has 1 amide bonds. The number of amides is 1. The molecule has 1 aromatic rings. The van der Waals surface area contributed by atoms with Gasteiger partial charge in [-0.25, -0.2) is 4.98 Å². The summed E-state index contributed by atoms with van der Waals surface area (Å²) in [6.07, 6.45) is 2.84. The lowest BCUT2D eigenvalue weighted by Gasteiger charge is -1.98. The van der Waals surface area contributed by atoms with Crippen LogP contribution in [0.5, 0.6) is 0 Å². The number of carbonyl (C=O) groups is 1. The van der Waals surface area contributed by atoms with E-state index in [1.165, 1.54) is 12.4 Å². The number of hydrogen-bond acceptors (Lipinski definition) is 4. The first-order valence-electron chi connectivity index (χ1n) is 3.33. The molecule has 12 heavy (non-hydrogen) atoms. The molecule has 0 saturated heterocycles. The molecule has 5 nitrogen and oxygen atoms in total. The molecule has 2 N–H and O–H groups in total. The summed E-state index contributed by atoms with van der Waals surface area (Å²) in [5.74, 6) is -0.583. The summed E-state index contributed by atoms with van der Waals surface area (Å²) in [6.45, 7) is 0.327. The van der Waals surface area contributed by atoms with Crippen LogP contribution in [0, 0.1) is 0 Å². The fourth-order valence-corrected chi connectivity index (χ4v) is 0.742. The standard InChI is InChI=1S/C7H9N3O2/c1-12-4-5-2-9-3-6(10-5)7(8)11/h2-3H,4H2,1H3,(H2,8,11). The van der Waals surface area contributed by atoms with E-state index in [4.69, 9.17) is 10.5 Å². The highest BCUT2D eigenvalue weighted by molar-refractivity contribution is 5.90. The highest BCUT2D eigenvalue weighted by Crippen LogP contribution is 1.96. The third kappa shape index (κ3) is 2.00. The first-order chi connectivity index (χ1) is 5.74. The van der Waals surface area contributed by atoms with Gasteiger partial charge in [0.2, 0.25) is 0 Å². The summed E-state index contributed by atoms with van der Waals surface area (Å²) in [5.41, 5.74) is 5.75. The lowest BCUT2D eigenvalue weighted by molar-refractivity contribution is 0.0994. The van der Waals surface area contributed by atoms with Crippen molar-refractivity contribution in [3.05, 3.63) is 23.8 Å². The van der Waals surface area contributed by atoms with Crippen molar-refractivity contribution in [1.82, 2.24) is 9.97 Å². The van der Waals surface area contributed by atoms with Crippen LogP contribution in [0.2, 0.25) is 0 Å². The number of primary amides is 1. The molecule has 0 fully saturated rings. The summed E-state index contributed by atoms with van der Waals surface area (Å²) in [5, 5.41) is 0. The average molecular weight is 167 g/mol. The third-order valence-corrected chi connectivity index (χ3v) is 1.23. The second kappa shape index (κ2) is 3.77. The first-order valence-corrected chi connectivity index (χ1v) is 3.33. The van der Waals surface area contributed by atoms with Gasteiger partial charge in [0.05, 0.1) is 24.7 Å². The lowest BCUT2D eigenvalue weighted by atomic mass is 10.4. The van der Waals surface area contributed by atoms with E-state index in [9.17, 15) is 4.79 Å². The minimum absolute atomic E-state index is 0.157. The molecule has 5 heteroatoms. The summed E-state index contributed by atoms with van der Waals surface area (Å²) in [7, 11) is 1.54. The van der Waals surface area contributed by atoms with Gasteiger partial charge in [-0.15, -0.1) is 0 Å². The zero-order valence-corrected chi connectivity index (χ0v) is 6.65.